The average Bonchev–Trinajstić information content (AvgIpc) is 2.49. The summed E-state index contributed by atoms with van der Waals surface area (Å²) in [7, 11) is -0.658. The van der Waals surface area contributed by atoms with Gasteiger partial charge in [0.05, 0.1) is 6.61 Å². The second-order valence-corrected chi connectivity index (χ2v) is 12.7. The molecule has 1 unspecified atom stereocenters. The highest BCUT2D eigenvalue weighted by molar-refractivity contribution is 8.33. The summed E-state index contributed by atoms with van der Waals surface area (Å²) in [6, 6.07) is 0. The summed E-state index contributed by atoms with van der Waals surface area (Å²) < 4.78 is 16.3. The van der Waals surface area contributed by atoms with Crippen LogP contribution >= 0.6 is 10.0 Å². The van der Waals surface area contributed by atoms with Gasteiger partial charge in [-0.15, -0.1) is 0 Å². The molecule has 1 atom stereocenters. The predicted octanol–water partition coefficient (Wildman–Crippen LogP) is 3.86. The number of esters is 2. The smallest absolute Gasteiger partial charge is 0.333 e. The van der Waals surface area contributed by atoms with E-state index in [2.05, 4.69) is 45.8 Å². The largest absolute Gasteiger partial charge is 0.458 e. The Labute approximate surface area is 160 Å². The molecule has 26 heavy (non-hydrogen) atoms. The van der Waals surface area contributed by atoms with Gasteiger partial charge >= 0.3 is 11.9 Å². The Morgan fingerprint density at radius 2 is 1.54 bits per heavy atom. The van der Waals surface area contributed by atoms with E-state index in [-0.39, 0.29) is 23.5 Å². The Morgan fingerprint density at radius 1 is 1.00 bits per heavy atom. The molecule has 0 radical (unpaired) electrons. The van der Waals surface area contributed by atoms with Crippen LogP contribution in [0.4, 0.5) is 0 Å². The molecule has 5 nitrogen and oxygen atoms in total. The number of carbonyl (C=O) groups excluding carboxylic acids is 2. The molecule has 0 amide bonds. The Morgan fingerprint density at radius 3 is 2.00 bits per heavy atom. The summed E-state index contributed by atoms with van der Waals surface area (Å²) in [6.07, 6.45) is 8.27. The number of carbonyl (C=O) groups is 2. The summed E-state index contributed by atoms with van der Waals surface area (Å²) in [5, 5.41) is 0. The third-order valence-corrected chi connectivity index (χ3v) is 7.92. The number of rotatable bonds is 12. The maximum absolute atomic E-state index is 11.7. The van der Waals surface area contributed by atoms with Crippen LogP contribution in [0.1, 0.15) is 40.5 Å². The highest BCUT2D eigenvalue weighted by Crippen LogP contribution is 2.51. The van der Waals surface area contributed by atoms with Crippen LogP contribution in [-0.4, -0.2) is 61.4 Å². The van der Waals surface area contributed by atoms with Crippen molar-refractivity contribution in [1.82, 2.24) is 0 Å². The molecule has 0 heterocycles. The molecule has 0 bridgehead atoms. The fraction of sp³-hybridized carbons (Fsp3) is 0.700. The van der Waals surface area contributed by atoms with Gasteiger partial charge in [0, 0.05) is 17.8 Å². The maximum Gasteiger partial charge on any atom is 0.333 e. The number of ether oxygens (including phenoxy) is 3. The Bertz CT molecular complexity index is 517. The lowest BCUT2D eigenvalue weighted by atomic mass is 10.1. The first-order chi connectivity index (χ1) is 11.8. The number of hydrogen-bond acceptors (Lipinski definition) is 5. The fourth-order valence-corrected chi connectivity index (χ4v) is 2.54. The van der Waals surface area contributed by atoms with Crippen molar-refractivity contribution in [2.45, 2.75) is 51.4 Å². The van der Waals surface area contributed by atoms with Gasteiger partial charge in [0.15, 0.2) is 6.10 Å². The van der Waals surface area contributed by atoms with Crippen LogP contribution in [0.15, 0.2) is 24.3 Å². The van der Waals surface area contributed by atoms with Gasteiger partial charge in [-0.25, -0.2) is 19.6 Å². The van der Waals surface area contributed by atoms with Crippen LogP contribution in [-0.2, 0) is 23.8 Å². The second-order valence-electron chi connectivity index (χ2n) is 7.96. The molecule has 0 aliphatic carbocycles. The minimum absolute atomic E-state index is 0.0671. The van der Waals surface area contributed by atoms with E-state index >= 15 is 0 Å². The lowest BCUT2D eigenvalue weighted by Gasteiger charge is -2.44. The molecule has 0 aliphatic rings. The zero-order valence-corrected chi connectivity index (χ0v) is 18.3. The second kappa shape index (κ2) is 10.8. The van der Waals surface area contributed by atoms with Gasteiger partial charge in [0.1, 0.15) is 6.61 Å². The Hall–Kier alpha value is -1.27. The van der Waals surface area contributed by atoms with Crippen LogP contribution in [0.25, 0.3) is 0 Å². The predicted molar refractivity (Wildman–Crippen MR) is 110 cm³/mol. The van der Waals surface area contributed by atoms with E-state index in [1.807, 2.05) is 0 Å². The van der Waals surface area contributed by atoms with E-state index in [0.717, 1.165) is 12.8 Å². The molecule has 0 aromatic rings. The van der Waals surface area contributed by atoms with Gasteiger partial charge < -0.3 is 14.2 Å². The molecular formula is C20H36O5S. The highest BCUT2D eigenvalue weighted by Gasteiger charge is 2.28. The lowest BCUT2D eigenvalue weighted by Crippen LogP contribution is -2.31. The van der Waals surface area contributed by atoms with Gasteiger partial charge in [0.2, 0.25) is 0 Å². The van der Waals surface area contributed by atoms with Crippen molar-refractivity contribution in [1.29, 1.82) is 0 Å². The maximum atomic E-state index is 11.7. The third kappa shape index (κ3) is 9.43. The summed E-state index contributed by atoms with van der Waals surface area (Å²) in [6.45, 7) is 15.5. The molecule has 0 saturated heterocycles. The normalized spacial score (nSPS) is 13.7. The van der Waals surface area contributed by atoms with Crippen molar-refractivity contribution in [3.8, 4) is 0 Å². The molecule has 0 spiro atoms. The van der Waals surface area contributed by atoms with Crippen LogP contribution in [0.5, 0.6) is 0 Å². The highest BCUT2D eigenvalue weighted by atomic mass is 32.3. The molecule has 0 rings (SSSR count). The minimum Gasteiger partial charge on any atom is -0.458 e. The van der Waals surface area contributed by atoms with E-state index in [4.69, 9.17) is 14.2 Å². The first-order valence-electron chi connectivity index (χ1n) is 8.72. The van der Waals surface area contributed by atoms with Crippen molar-refractivity contribution in [3.63, 3.8) is 0 Å². The zero-order valence-electron chi connectivity index (χ0n) is 17.5. The minimum atomic E-state index is -0.663. The van der Waals surface area contributed by atoms with Gasteiger partial charge in [-0.05, 0) is 50.2 Å². The SMILES string of the molecule is C=C(C)C(=O)OCC(COCCCC(C)(C)S(C)(C)C)OC(=O)C(=C)C. The Kier molecular flexibility index (Phi) is 10.2. The van der Waals surface area contributed by atoms with Gasteiger partial charge in [-0.2, -0.15) is 0 Å². The number of hydrogen-bond donors (Lipinski definition) is 0. The van der Waals surface area contributed by atoms with Crippen LogP contribution in [0.3, 0.4) is 0 Å². The van der Waals surface area contributed by atoms with E-state index in [1.54, 1.807) is 13.8 Å². The molecule has 0 aromatic heterocycles. The standard InChI is InChI=1S/C20H36O5S/c1-15(2)18(21)24-14-17(25-19(22)16(3)4)13-23-12-10-11-20(5,6)26(7,8)9/h17H,1,3,10-14H2,2,4-9H3. The van der Waals surface area contributed by atoms with E-state index in [0.29, 0.717) is 12.2 Å². The molecule has 152 valence electrons. The molecule has 0 N–H and O–H groups in total. The van der Waals surface area contributed by atoms with Gasteiger partial charge in [-0.3, -0.25) is 0 Å². The van der Waals surface area contributed by atoms with Crippen molar-refractivity contribution >= 4 is 22.0 Å². The van der Waals surface area contributed by atoms with Gasteiger partial charge in [0.25, 0.3) is 0 Å². The first-order valence-corrected chi connectivity index (χ1v) is 11.6. The van der Waals surface area contributed by atoms with Crippen molar-refractivity contribution in [3.05, 3.63) is 24.3 Å². The topological polar surface area (TPSA) is 61.8 Å². The van der Waals surface area contributed by atoms with E-state index < -0.39 is 28.1 Å². The summed E-state index contributed by atoms with van der Waals surface area (Å²) in [5.74, 6) is -1.04. The van der Waals surface area contributed by atoms with E-state index in [9.17, 15) is 9.59 Å². The molecule has 0 aromatic carbocycles. The van der Waals surface area contributed by atoms with Crippen LogP contribution in [0.2, 0.25) is 0 Å². The molecule has 0 aliphatic heterocycles. The van der Waals surface area contributed by atoms with Crippen molar-refractivity contribution in [2.75, 3.05) is 38.6 Å². The summed E-state index contributed by atoms with van der Waals surface area (Å²) in [4.78, 5) is 23.3. The average molecular weight is 389 g/mol. The van der Waals surface area contributed by atoms with E-state index in [1.165, 1.54) is 0 Å². The van der Waals surface area contributed by atoms with Crippen molar-refractivity contribution < 1.29 is 23.8 Å². The van der Waals surface area contributed by atoms with Crippen LogP contribution in [0, 0.1) is 0 Å². The zero-order chi connectivity index (χ0) is 20.5. The Balaban J connectivity index is 4.45. The van der Waals surface area contributed by atoms with Crippen molar-refractivity contribution in [2.24, 2.45) is 0 Å². The first kappa shape index (κ1) is 24.7. The molecular weight excluding hydrogens is 352 g/mol. The third-order valence-electron chi connectivity index (χ3n) is 4.40. The van der Waals surface area contributed by atoms with Gasteiger partial charge in [-0.1, -0.05) is 27.0 Å². The summed E-state index contributed by atoms with van der Waals surface area (Å²) >= 11 is 0. The molecule has 0 fully saturated rings. The quantitative estimate of drug-likeness (QED) is 0.289. The van der Waals surface area contributed by atoms with Crippen LogP contribution < -0.4 is 0 Å². The lowest BCUT2D eigenvalue weighted by molar-refractivity contribution is -0.157. The fourth-order valence-electron chi connectivity index (χ4n) is 1.78. The summed E-state index contributed by atoms with van der Waals surface area (Å²) in [5.41, 5.74) is 0.582. The molecule has 0 saturated carbocycles. The molecule has 6 heteroatoms. The monoisotopic (exact) mass is 388 g/mol.